The maximum Gasteiger partial charge on any atom is 0.235 e. The summed E-state index contributed by atoms with van der Waals surface area (Å²) in [6, 6.07) is 11.2. The molecule has 0 aliphatic heterocycles. The molecule has 2 aromatic heterocycles. The van der Waals surface area contributed by atoms with Crippen LogP contribution in [0.2, 0.25) is 0 Å². The number of pyridine rings is 1. The van der Waals surface area contributed by atoms with Crippen LogP contribution < -0.4 is 4.72 Å². The van der Waals surface area contributed by atoms with Crippen LogP contribution in [-0.4, -0.2) is 23.6 Å². The molecular formula is C17H15N3O2S2. The van der Waals surface area contributed by atoms with E-state index in [1.54, 1.807) is 29.8 Å². The van der Waals surface area contributed by atoms with Gasteiger partial charge >= 0.3 is 0 Å². The topological polar surface area (TPSA) is 72.0 Å². The first-order valence-electron chi connectivity index (χ1n) is 7.60. The third-order valence-corrected chi connectivity index (χ3v) is 6.57. The van der Waals surface area contributed by atoms with Crippen LogP contribution in [0.15, 0.2) is 54.2 Å². The van der Waals surface area contributed by atoms with Crippen LogP contribution >= 0.6 is 11.3 Å². The average Bonchev–Trinajstić information content (AvgIpc) is 3.34. The molecule has 0 radical (unpaired) electrons. The minimum Gasteiger partial charge on any atom is -0.283 e. The highest BCUT2D eigenvalue weighted by atomic mass is 32.2. The van der Waals surface area contributed by atoms with E-state index in [9.17, 15) is 8.42 Å². The second-order valence-electron chi connectivity index (χ2n) is 5.70. The van der Waals surface area contributed by atoms with Gasteiger partial charge in [-0.05, 0) is 37.1 Å². The number of sulfonamides is 1. The molecule has 3 aromatic rings. The first kappa shape index (κ1) is 15.3. The monoisotopic (exact) mass is 357 g/mol. The van der Waals surface area contributed by atoms with Gasteiger partial charge in [-0.25, -0.2) is 13.4 Å². The van der Waals surface area contributed by atoms with E-state index in [-0.39, 0.29) is 5.25 Å². The minimum atomic E-state index is -3.25. The van der Waals surface area contributed by atoms with Gasteiger partial charge in [-0.1, -0.05) is 12.1 Å². The Balaban J connectivity index is 1.61. The highest BCUT2D eigenvalue weighted by Crippen LogP contribution is 2.32. The van der Waals surface area contributed by atoms with E-state index in [4.69, 9.17) is 0 Å². The zero-order chi connectivity index (χ0) is 16.6. The standard InChI is InChI=1S/C17H15N3O2S2/c21-24(22,15-4-5-15)20-14-3-1-2-13(10-14)16-11-23-17(19-16)12-6-8-18-9-7-12/h1-3,6-11,15,20H,4-5H2. The lowest BCUT2D eigenvalue weighted by molar-refractivity contribution is 0.600. The Hall–Kier alpha value is -2.25. The van der Waals surface area contributed by atoms with Gasteiger partial charge in [-0.3, -0.25) is 9.71 Å². The summed E-state index contributed by atoms with van der Waals surface area (Å²) in [5.74, 6) is 0. The molecule has 1 N–H and O–H groups in total. The molecule has 122 valence electrons. The molecule has 0 atom stereocenters. The summed E-state index contributed by atoms with van der Waals surface area (Å²) in [5, 5.41) is 2.65. The molecule has 0 spiro atoms. The van der Waals surface area contributed by atoms with Crippen molar-refractivity contribution in [2.75, 3.05) is 4.72 Å². The van der Waals surface area contributed by atoms with Crippen molar-refractivity contribution in [2.24, 2.45) is 0 Å². The Morgan fingerprint density at radius 1 is 1.08 bits per heavy atom. The van der Waals surface area contributed by atoms with E-state index in [0.717, 1.165) is 34.7 Å². The SMILES string of the molecule is O=S(=O)(Nc1cccc(-c2csc(-c3ccncc3)n2)c1)C1CC1. The van der Waals surface area contributed by atoms with Crippen molar-refractivity contribution < 1.29 is 8.42 Å². The summed E-state index contributed by atoms with van der Waals surface area (Å²) in [5.41, 5.74) is 3.33. The van der Waals surface area contributed by atoms with E-state index in [2.05, 4.69) is 14.7 Å². The van der Waals surface area contributed by atoms with Crippen molar-refractivity contribution in [3.63, 3.8) is 0 Å². The van der Waals surface area contributed by atoms with E-state index < -0.39 is 10.0 Å². The summed E-state index contributed by atoms with van der Waals surface area (Å²) in [6.45, 7) is 0. The van der Waals surface area contributed by atoms with Gasteiger partial charge in [0, 0.05) is 34.6 Å². The van der Waals surface area contributed by atoms with Crippen LogP contribution in [0.4, 0.5) is 5.69 Å². The van der Waals surface area contributed by atoms with Gasteiger partial charge in [0.1, 0.15) is 5.01 Å². The van der Waals surface area contributed by atoms with Crippen LogP contribution in [-0.2, 0) is 10.0 Å². The van der Waals surface area contributed by atoms with Crippen LogP contribution in [0, 0.1) is 0 Å². The Kier molecular flexibility index (Phi) is 3.82. The molecular weight excluding hydrogens is 342 g/mol. The minimum absolute atomic E-state index is 0.237. The Morgan fingerprint density at radius 2 is 1.88 bits per heavy atom. The number of nitrogens with one attached hydrogen (secondary N) is 1. The fourth-order valence-electron chi connectivity index (χ4n) is 2.40. The van der Waals surface area contributed by atoms with Crippen LogP contribution in [0.25, 0.3) is 21.8 Å². The number of hydrogen-bond donors (Lipinski definition) is 1. The molecule has 1 aromatic carbocycles. The van der Waals surface area contributed by atoms with Crippen LogP contribution in [0.5, 0.6) is 0 Å². The molecule has 5 nitrogen and oxygen atoms in total. The molecule has 0 amide bonds. The first-order valence-corrected chi connectivity index (χ1v) is 10.0. The number of hydrogen-bond acceptors (Lipinski definition) is 5. The fraction of sp³-hybridized carbons (Fsp3) is 0.176. The van der Waals surface area contributed by atoms with Gasteiger partial charge in [0.15, 0.2) is 0 Å². The summed E-state index contributed by atoms with van der Waals surface area (Å²) in [4.78, 5) is 8.66. The number of rotatable bonds is 5. The van der Waals surface area contributed by atoms with Crippen molar-refractivity contribution in [1.29, 1.82) is 0 Å². The summed E-state index contributed by atoms with van der Waals surface area (Å²) >= 11 is 1.55. The van der Waals surface area contributed by atoms with Crippen molar-refractivity contribution in [3.05, 3.63) is 54.2 Å². The molecule has 2 heterocycles. The highest BCUT2D eigenvalue weighted by molar-refractivity contribution is 7.93. The van der Waals surface area contributed by atoms with Crippen molar-refractivity contribution >= 4 is 27.0 Å². The van der Waals surface area contributed by atoms with Crippen molar-refractivity contribution in [1.82, 2.24) is 9.97 Å². The van der Waals surface area contributed by atoms with Gasteiger partial charge in [0.2, 0.25) is 10.0 Å². The summed E-state index contributed by atoms with van der Waals surface area (Å²) in [6.07, 6.45) is 4.97. The molecule has 0 saturated heterocycles. The fourth-order valence-corrected chi connectivity index (χ4v) is 4.62. The van der Waals surface area contributed by atoms with E-state index >= 15 is 0 Å². The second kappa shape index (κ2) is 5.99. The van der Waals surface area contributed by atoms with Crippen LogP contribution in [0.3, 0.4) is 0 Å². The van der Waals surface area contributed by atoms with Crippen molar-refractivity contribution in [3.8, 4) is 21.8 Å². The Bertz CT molecular complexity index is 964. The molecule has 7 heteroatoms. The van der Waals surface area contributed by atoms with Gasteiger partial charge in [0.25, 0.3) is 0 Å². The van der Waals surface area contributed by atoms with Crippen molar-refractivity contribution in [2.45, 2.75) is 18.1 Å². The number of thiazole rings is 1. The van der Waals surface area contributed by atoms with Gasteiger partial charge in [-0.2, -0.15) is 0 Å². The zero-order valence-electron chi connectivity index (χ0n) is 12.7. The molecule has 24 heavy (non-hydrogen) atoms. The third kappa shape index (κ3) is 3.18. The average molecular weight is 357 g/mol. The normalized spacial score (nSPS) is 14.5. The highest BCUT2D eigenvalue weighted by Gasteiger charge is 2.35. The number of benzene rings is 1. The molecule has 1 aliphatic rings. The van der Waals surface area contributed by atoms with Crippen LogP contribution in [0.1, 0.15) is 12.8 Å². The quantitative estimate of drug-likeness (QED) is 0.754. The smallest absolute Gasteiger partial charge is 0.235 e. The molecule has 1 fully saturated rings. The molecule has 0 unspecified atom stereocenters. The molecule has 0 bridgehead atoms. The molecule has 4 rings (SSSR count). The van der Waals surface area contributed by atoms with E-state index in [1.807, 2.05) is 35.7 Å². The maximum absolute atomic E-state index is 12.1. The van der Waals surface area contributed by atoms with Gasteiger partial charge in [-0.15, -0.1) is 11.3 Å². The number of anilines is 1. The second-order valence-corrected chi connectivity index (χ2v) is 8.52. The zero-order valence-corrected chi connectivity index (χ0v) is 14.3. The predicted octanol–water partition coefficient (Wildman–Crippen LogP) is 3.78. The Morgan fingerprint density at radius 3 is 2.62 bits per heavy atom. The maximum atomic E-state index is 12.1. The number of nitrogens with zero attached hydrogens (tertiary/aromatic N) is 2. The first-order chi connectivity index (χ1) is 11.6. The van der Waals surface area contributed by atoms with Gasteiger partial charge in [0.05, 0.1) is 10.9 Å². The predicted molar refractivity (Wildman–Crippen MR) is 96.3 cm³/mol. The lowest BCUT2D eigenvalue weighted by Crippen LogP contribution is -2.17. The summed E-state index contributed by atoms with van der Waals surface area (Å²) in [7, 11) is -3.25. The van der Waals surface area contributed by atoms with Gasteiger partial charge < -0.3 is 0 Å². The Labute approximate surface area is 144 Å². The lowest BCUT2D eigenvalue weighted by atomic mass is 10.1. The largest absolute Gasteiger partial charge is 0.283 e. The number of aromatic nitrogens is 2. The summed E-state index contributed by atoms with van der Waals surface area (Å²) < 4.78 is 26.8. The lowest BCUT2D eigenvalue weighted by Gasteiger charge is -2.07. The molecule has 1 aliphatic carbocycles. The third-order valence-electron chi connectivity index (χ3n) is 3.81. The molecule has 1 saturated carbocycles. The van der Waals surface area contributed by atoms with E-state index in [0.29, 0.717) is 5.69 Å². The van der Waals surface area contributed by atoms with E-state index in [1.165, 1.54) is 0 Å².